The molecule has 14 heteroatoms. The Kier molecular flexibility index (Phi) is 7.11. The molecule has 0 spiro atoms. The summed E-state index contributed by atoms with van der Waals surface area (Å²) in [6.45, 7) is 0.850. The molecule has 1 amide bonds. The summed E-state index contributed by atoms with van der Waals surface area (Å²) < 4.78 is 135. The van der Waals surface area contributed by atoms with Crippen molar-refractivity contribution < 1.29 is 53.1 Å². The van der Waals surface area contributed by atoms with Gasteiger partial charge in [-0.2, -0.15) is 26.3 Å². The predicted octanol–water partition coefficient (Wildman–Crippen LogP) is 6.56. The van der Waals surface area contributed by atoms with Crippen molar-refractivity contribution >= 4 is 21.5 Å². The third-order valence-electron chi connectivity index (χ3n) is 9.79. The predicted molar refractivity (Wildman–Crippen MR) is 136 cm³/mol. The lowest BCUT2D eigenvalue weighted by molar-refractivity contribution is -0.348. The van der Waals surface area contributed by atoms with Crippen molar-refractivity contribution in [2.75, 3.05) is 13.1 Å². The largest absolute Gasteiger partial charge is 0.435 e. The maximum absolute atomic E-state index is 14.7. The van der Waals surface area contributed by atoms with Gasteiger partial charge in [-0.3, -0.25) is 9.59 Å². The zero-order chi connectivity index (χ0) is 31.9. The van der Waals surface area contributed by atoms with Crippen LogP contribution in [0.4, 0.5) is 35.1 Å². The summed E-state index contributed by atoms with van der Waals surface area (Å²) in [6, 6.07) is 5.58. The summed E-state index contributed by atoms with van der Waals surface area (Å²) in [5, 5.41) is 0. The van der Waals surface area contributed by atoms with Gasteiger partial charge in [-0.05, 0) is 75.3 Å². The zero-order valence-electron chi connectivity index (χ0n) is 22.8. The van der Waals surface area contributed by atoms with Crippen molar-refractivity contribution in [1.29, 1.82) is 0 Å². The number of rotatable bonds is 6. The highest BCUT2D eigenvalue weighted by Gasteiger charge is 2.73. The van der Waals surface area contributed by atoms with Crippen LogP contribution in [0, 0.1) is 16.6 Å². The molecule has 1 atom stereocenters. The molecular weight excluding hydrogens is 610 g/mol. The Morgan fingerprint density at radius 2 is 1.28 bits per heavy atom. The highest BCUT2D eigenvalue weighted by atomic mass is 32.2. The fourth-order valence-corrected chi connectivity index (χ4v) is 9.28. The number of alkyl halides is 7. The normalized spacial score (nSPS) is 28.0. The van der Waals surface area contributed by atoms with Crippen LogP contribution < -0.4 is 0 Å². The van der Waals surface area contributed by atoms with E-state index in [0.29, 0.717) is 44.2 Å². The summed E-state index contributed by atoms with van der Waals surface area (Å²) in [4.78, 5) is 27.2. The molecule has 43 heavy (non-hydrogen) atoms. The van der Waals surface area contributed by atoms with Crippen molar-refractivity contribution in [2.45, 2.75) is 73.1 Å². The van der Waals surface area contributed by atoms with Crippen LogP contribution >= 0.6 is 0 Å². The first-order chi connectivity index (χ1) is 19.7. The lowest BCUT2D eigenvalue weighted by Crippen LogP contribution is -2.50. The number of hydrogen-bond acceptors (Lipinski definition) is 4. The molecule has 2 bridgehead atoms. The first kappa shape index (κ1) is 31.4. The topological polar surface area (TPSA) is 71.5 Å². The summed E-state index contributed by atoms with van der Waals surface area (Å²) in [5.74, 6) is -1.16. The molecule has 3 fully saturated rings. The van der Waals surface area contributed by atoms with E-state index in [1.165, 1.54) is 11.8 Å². The molecule has 2 saturated carbocycles. The van der Waals surface area contributed by atoms with Crippen LogP contribution in [0.2, 0.25) is 0 Å². The van der Waals surface area contributed by atoms with Crippen molar-refractivity contribution in [1.82, 2.24) is 4.90 Å². The van der Waals surface area contributed by atoms with Gasteiger partial charge in [0.1, 0.15) is 16.3 Å². The van der Waals surface area contributed by atoms with E-state index in [9.17, 15) is 53.1 Å². The molecule has 2 aromatic rings. The van der Waals surface area contributed by atoms with Gasteiger partial charge in [0.05, 0.1) is 10.3 Å². The number of carbonyl (C=O) groups excluding carboxylic acids is 2. The number of fused-ring (bicyclic) bond motifs is 2. The van der Waals surface area contributed by atoms with E-state index >= 15 is 0 Å². The molecule has 1 saturated heterocycles. The van der Waals surface area contributed by atoms with Crippen LogP contribution in [-0.2, 0) is 29.8 Å². The minimum atomic E-state index is -6.36. The molecule has 2 aromatic carbocycles. The molecular formula is C29H27F8NO4S. The molecule has 234 valence electrons. The van der Waals surface area contributed by atoms with E-state index in [1.54, 1.807) is 0 Å². The third kappa shape index (κ3) is 4.49. The molecule has 1 heterocycles. The third-order valence-corrected chi connectivity index (χ3v) is 12.3. The number of benzene rings is 2. The van der Waals surface area contributed by atoms with Gasteiger partial charge < -0.3 is 4.90 Å². The van der Waals surface area contributed by atoms with Crippen molar-refractivity contribution in [3.05, 3.63) is 65.5 Å². The molecule has 3 aliphatic rings. The molecule has 0 aromatic heterocycles. The maximum atomic E-state index is 14.7. The Labute approximate surface area is 242 Å². The lowest BCUT2D eigenvalue weighted by atomic mass is 9.79. The Hall–Kier alpha value is -3.03. The fourth-order valence-electron chi connectivity index (χ4n) is 7.21. The number of Topliss-reactive ketones (excluding diaryl/α,β-unsaturated/α-hetero) is 1. The molecule has 1 aliphatic heterocycles. The van der Waals surface area contributed by atoms with Gasteiger partial charge in [-0.1, -0.05) is 24.3 Å². The SMILES string of the molecule is CC(=O)C12CCC(C(=O)N3CCC(c4ccc(C(F)(C(F)(F)F)C(F)(F)F)cc4)(S(=O)(=O)c4ccc(F)cc4)C3)(CC1)C2. The Balaban J connectivity index is 1.57. The molecule has 5 rings (SSSR count). The molecule has 2 aliphatic carbocycles. The summed E-state index contributed by atoms with van der Waals surface area (Å²) in [7, 11) is -4.56. The fraction of sp³-hybridized carbons (Fsp3) is 0.517. The van der Waals surface area contributed by atoms with Crippen molar-refractivity contribution in [3.63, 3.8) is 0 Å². The minimum Gasteiger partial charge on any atom is -0.340 e. The van der Waals surface area contributed by atoms with Gasteiger partial charge in [0, 0.05) is 24.1 Å². The lowest BCUT2D eigenvalue weighted by Gasteiger charge is -2.34. The number of hydrogen-bond donors (Lipinski definition) is 0. The van der Waals surface area contributed by atoms with Gasteiger partial charge in [0.2, 0.25) is 5.91 Å². The van der Waals surface area contributed by atoms with Gasteiger partial charge in [0.15, 0.2) is 9.84 Å². The highest BCUT2D eigenvalue weighted by Crippen LogP contribution is 2.63. The van der Waals surface area contributed by atoms with E-state index in [2.05, 4.69) is 0 Å². The second-order valence-corrected chi connectivity index (χ2v) is 14.2. The Morgan fingerprint density at radius 3 is 1.74 bits per heavy atom. The maximum Gasteiger partial charge on any atom is 0.435 e. The van der Waals surface area contributed by atoms with Crippen molar-refractivity contribution in [3.8, 4) is 0 Å². The quantitative estimate of drug-likeness (QED) is 0.266. The van der Waals surface area contributed by atoms with Gasteiger partial charge in [-0.15, -0.1) is 0 Å². The van der Waals surface area contributed by atoms with Crippen LogP contribution in [0.3, 0.4) is 0 Å². The zero-order valence-corrected chi connectivity index (χ0v) is 23.6. The van der Waals surface area contributed by atoms with E-state index in [4.69, 9.17) is 0 Å². The van der Waals surface area contributed by atoms with E-state index < -0.39 is 61.4 Å². The average Bonchev–Trinajstić information content (AvgIpc) is 3.66. The summed E-state index contributed by atoms with van der Waals surface area (Å²) in [6.07, 6.45) is -10.9. The van der Waals surface area contributed by atoms with E-state index in [1.807, 2.05) is 0 Å². The molecule has 5 nitrogen and oxygen atoms in total. The molecule has 0 radical (unpaired) electrons. The Morgan fingerprint density at radius 1 is 0.767 bits per heavy atom. The Bertz CT molecular complexity index is 1530. The monoisotopic (exact) mass is 637 g/mol. The van der Waals surface area contributed by atoms with Gasteiger partial charge in [-0.25, -0.2) is 17.2 Å². The molecule has 0 N–H and O–H groups in total. The smallest absolute Gasteiger partial charge is 0.340 e. The first-order valence-electron chi connectivity index (χ1n) is 13.5. The molecule has 1 unspecified atom stereocenters. The number of ketones is 1. The minimum absolute atomic E-state index is 0.0314. The van der Waals surface area contributed by atoms with Gasteiger partial charge >= 0.3 is 18.0 Å². The second-order valence-electron chi connectivity index (χ2n) is 12.0. The van der Waals surface area contributed by atoms with Crippen LogP contribution in [-0.4, -0.2) is 50.5 Å². The number of carbonyl (C=O) groups is 2. The highest BCUT2D eigenvalue weighted by molar-refractivity contribution is 7.92. The standard InChI is InChI=1S/C29H27F8NO4S/c1-18(39)24-10-12-25(16-24,13-11-24)23(40)38-15-14-26(17-38,43(41,42)22-8-6-21(30)7-9-22)19-2-4-20(5-3-19)27(31,28(32,33)34)29(35,36)37/h2-9H,10-17H2,1H3. The summed E-state index contributed by atoms with van der Waals surface area (Å²) in [5.41, 5.74) is -9.27. The van der Waals surface area contributed by atoms with Gasteiger partial charge in [0.25, 0.3) is 0 Å². The summed E-state index contributed by atoms with van der Waals surface area (Å²) >= 11 is 0. The number of sulfone groups is 1. The number of likely N-dealkylation sites (tertiary alicyclic amines) is 1. The van der Waals surface area contributed by atoms with E-state index in [-0.39, 0.29) is 47.2 Å². The number of nitrogens with zero attached hydrogens (tertiary/aromatic N) is 1. The van der Waals surface area contributed by atoms with Crippen LogP contribution in [0.5, 0.6) is 0 Å². The van der Waals surface area contributed by atoms with Crippen LogP contribution in [0.25, 0.3) is 0 Å². The van der Waals surface area contributed by atoms with E-state index in [0.717, 1.165) is 24.3 Å². The average molecular weight is 638 g/mol. The van der Waals surface area contributed by atoms with Crippen molar-refractivity contribution in [2.24, 2.45) is 10.8 Å². The second kappa shape index (κ2) is 9.73. The number of halogens is 8. The first-order valence-corrected chi connectivity index (χ1v) is 15.0. The van der Waals surface area contributed by atoms with Crippen LogP contribution in [0.1, 0.15) is 56.6 Å². The van der Waals surface area contributed by atoms with Crippen LogP contribution in [0.15, 0.2) is 53.4 Å². The number of amides is 1.